The smallest absolute Gasteiger partial charge is 0.124 e. The number of phenols is 1. The number of nitrogens with zero attached hydrogens (tertiary/aromatic N) is 1. The lowest BCUT2D eigenvalue weighted by Crippen LogP contribution is -2.46. The molecule has 0 aromatic heterocycles. The third-order valence-electron chi connectivity index (χ3n) is 6.14. The third-order valence-corrected chi connectivity index (χ3v) is 6.96. The van der Waals surface area contributed by atoms with Crippen LogP contribution in [0.3, 0.4) is 0 Å². The summed E-state index contributed by atoms with van der Waals surface area (Å²) >= 11 is 0. The molecule has 0 radical (unpaired) electrons. The van der Waals surface area contributed by atoms with Crippen LogP contribution in [0.4, 0.5) is 0 Å². The highest BCUT2D eigenvalue weighted by Crippen LogP contribution is 2.40. The molecular weight excluding hydrogens is 434 g/mol. The first-order valence-electron chi connectivity index (χ1n) is 12.6. The van der Waals surface area contributed by atoms with Gasteiger partial charge in [0.2, 0.25) is 0 Å². The van der Waals surface area contributed by atoms with Crippen LogP contribution in [0.1, 0.15) is 112 Å². The fourth-order valence-corrected chi connectivity index (χ4v) is 4.38. The van der Waals surface area contributed by atoms with E-state index in [-0.39, 0.29) is 10.6 Å². The second-order valence-corrected chi connectivity index (χ2v) is 13.1. The summed E-state index contributed by atoms with van der Waals surface area (Å²) in [5, 5.41) is 10.4. The Labute approximate surface area is 204 Å². The highest BCUT2D eigenvalue weighted by Gasteiger charge is 2.27. The van der Waals surface area contributed by atoms with Gasteiger partial charge in [-0.05, 0) is 42.2 Å². The van der Waals surface area contributed by atoms with Crippen LogP contribution in [-0.2, 0) is 20.9 Å². The average molecular weight is 486 g/mol. The SMILES string of the molecule is CC(C)(C)c1cc(S(=O)(=O)[O-])cc(C(C)(C)C)c1O.CCCC[N+](C)(CCCC)CCCC. The molecule has 1 N–H and O–H groups in total. The largest absolute Gasteiger partial charge is 0.744 e. The standard InChI is InChI=1S/C14H22O4S.C13H30N/c1-13(2,3)10-7-9(19(16,17)18)8-11(12(10)15)14(4,5)6;1-5-8-11-14(4,12-9-6-2)13-10-7-3/h7-8,15H,1-6H3,(H,16,17,18);5-13H2,1-4H3/q;+1/p-1. The fourth-order valence-electron chi connectivity index (χ4n) is 3.85. The number of hydrogen-bond acceptors (Lipinski definition) is 4. The van der Waals surface area contributed by atoms with Crippen molar-refractivity contribution in [3.8, 4) is 5.75 Å². The number of unbranched alkanes of at least 4 members (excludes halogenated alkanes) is 3. The minimum atomic E-state index is -4.55. The molecular formula is C27H51NO4S. The minimum absolute atomic E-state index is 0.0624. The molecule has 0 saturated carbocycles. The fraction of sp³-hybridized carbons (Fsp3) is 0.778. The zero-order chi connectivity index (χ0) is 26.1. The van der Waals surface area contributed by atoms with E-state index in [0.29, 0.717) is 11.1 Å². The first kappa shape index (κ1) is 31.9. The van der Waals surface area contributed by atoms with E-state index in [1.165, 1.54) is 74.8 Å². The van der Waals surface area contributed by atoms with E-state index < -0.39 is 20.9 Å². The van der Waals surface area contributed by atoms with E-state index in [9.17, 15) is 18.1 Å². The summed E-state index contributed by atoms with van der Waals surface area (Å²) in [5.74, 6) is 0.0624. The normalized spacial score (nSPS) is 12.9. The van der Waals surface area contributed by atoms with E-state index in [1.807, 2.05) is 41.5 Å². The van der Waals surface area contributed by atoms with Gasteiger partial charge < -0.3 is 14.1 Å². The Morgan fingerprint density at radius 1 is 0.788 bits per heavy atom. The summed E-state index contributed by atoms with van der Waals surface area (Å²) in [6, 6.07) is 2.54. The number of rotatable bonds is 10. The van der Waals surface area contributed by atoms with Gasteiger partial charge in [-0.1, -0.05) is 81.6 Å². The summed E-state index contributed by atoms with van der Waals surface area (Å²) in [6.07, 6.45) is 8.20. The minimum Gasteiger partial charge on any atom is -0.744 e. The second kappa shape index (κ2) is 13.1. The highest BCUT2D eigenvalue weighted by atomic mass is 32.2. The van der Waals surface area contributed by atoms with Gasteiger partial charge in [0.1, 0.15) is 15.9 Å². The van der Waals surface area contributed by atoms with Crippen LogP contribution in [0.25, 0.3) is 0 Å². The van der Waals surface area contributed by atoms with Gasteiger partial charge in [0.05, 0.1) is 31.6 Å². The molecule has 194 valence electrons. The molecule has 1 aromatic carbocycles. The lowest BCUT2D eigenvalue weighted by molar-refractivity contribution is -0.910. The van der Waals surface area contributed by atoms with Crippen molar-refractivity contribution in [1.82, 2.24) is 0 Å². The number of phenolic OH excluding ortho intramolecular Hbond substituents is 1. The first-order valence-corrected chi connectivity index (χ1v) is 14.0. The lowest BCUT2D eigenvalue weighted by atomic mass is 9.79. The van der Waals surface area contributed by atoms with Crippen LogP contribution in [0.15, 0.2) is 17.0 Å². The Hall–Kier alpha value is -1.11. The molecule has 5 nitrogen and oxygen atoms in total. The van der Waals surface area contributed by atoms with E-state index in [2.05, 4.69) is 27.8 Å². The number of aromatic hydroxyl groups is 1. The molecule has 33 heavy (non-hydrogen) atoms. The summed E-state index contributed by atoms with van der Waals surface area (Å²) in [7, 11) is -2.10. The molecule has 0 atom stereocenters. The summed E-state index contributed by atoms with van der Waals surface area (Å²) in [5.41, 5.74) is 0.0268. The highest BCUT2D eigenvalue weighted by molar-refractivity contribution is 7.85. The average Bonchev–Trinajstić information content (AvgIpc) is 2.67. The maximum Gasteiger partial charge on any atom is 0.124 e. The Morgan fingerprint density at radius 2 is 1.09 bits per heavy atom. The molecule has 0 unspecified atom stereocenters. The summed E-state index contributed by atoms with van der Waals surface area (Å²) in [4.78, 5) is -0.292. The van der Waals surface area contributed by atoms with Crippen molar-refractivity contribution in [3.63, 3.8) is 0 Å². The van der Waals surface area contributed by atoms with Crippen molar-refractivity contribution in [1.29, 1.82) is 0 Å². The quantitative estimate of drug-likeness (QED) is 0.294. The van der Waals surface area contributed by atoms with Crippen LogP contribution in [0.2, 0.25) is 0 Å². The van der Waals surface area contributed by atoms with Crippen LogP contribution in [0, 0.1) is 0 Å². The van der Waals surface area contributed by atoms with E-state index in [4.69, 9.17) is 0 Å². The first-order chi connectivity index (χ1) is 14.9. The molecule has 1 aromatic rings. The van der Waals surface area contributed by atoms with Crippen molar-refractivity contribution in [2.45, 2.75) is 117 Å². The molecule has 0 fully saturated rings. The molecule has 0 aliphatic carbocycles. The Morgan fingerprint density at radius 3 is 1.30 bits per heavy atom. The van der Waals surface area contributed by atoms with Crippen molar-refractivity contribution >= 4 is 10.1 Å². The number of hydrogen-bond donors (Lipinski definition) is 1. The molecule has 6 heteroatoms. The zero-order valence-electron chi connectivity index (χ0n) is 23.0. The summed E-state index contributed by atoms with van der Waals surface area (Å²) < 4.78 is 35.1. The van der Waals surface area contributed by atoms with Gasteiger partial charge >= 0.3 is 0 Å². The van der Waals surface area contributed by atoms with Crippen LogP contribution < -0.4 is 0 Å². The number of quaternary nitrogens is 1. The Balaban J connectivity index is 0.000000653. The van der Waals surface area contributed by atoms with E-state index >= 15 is 0 Å². The molecule has 0 amide bonds. The van der Waals surface area contributed by atoms with Gasteiger partial charge in [-0.3, -0.25) is 0 Å². The van der Waals surface area contributed by atoms with Crippen molar-refractivity contribution in [2.75, 3.05) is 26.7 Å². The van der Waals surface area contributed by atoms with Crippen molar-refractivity contribution in [3.05, 3.63) is 23.3 Å². The van der Waals surface area contributed by atoms with Gasteiger partial charge in [0.25, 0.3) is 0 Å². The number of benzene rings is 1. The van der Waals surface area contributed by atoms with Gasteiger partial charge in [0, 0.05) is 11.1 Å². The van der Waals surface area contributed by atoms with Crippen molar-refractivity contribution in [2.24, 2.45) is 0 Å². The molecule has 0 heterocycles. The Bertz CT molecular complexity index is 761. The van der Waals surface area contributed by atoms with Crippen LogP contribution >= 0.6 is 0 Å². The molecule has 0 aliphatic heterocycles. The molecule has 0 bridgehead atoms. The van der Waals surface area contributed by atoms with Gasteiger partial charge in [0.15, 0.2) is 0 Å². The monoisotopic (exact) mass is 485 g/mol. The summed E-state index contributed by atoms with van der Waals surface area (Å²) in [6.45, 7) is 22.2. The maximum atomic E-state index is 11.3. The predicted octanol–water partition coefficient (Wildman–Crippen LogP) is 6.72. The van der Waals surface area contributed by atoms with Gasteiger partial charge in [-0.15, -0.1) is 0 Å². The molecule has 1 rings (SSSR count). The van der Waals surface area contributed by atoms with Crippen LogP contribution in [0.5, 0.6) is 5.75 Å². The predicted molar refractivity (Wildman–Crippen MR) is 139 cm³/mol. The third kappa shape index (κ3) is 11.2. The molecule has 0 spiro atoms. The zero-order valence-corrected chi connectivity index (χ0v) is 23.9. The van der Waals surface area contributed by atoms with Crippen LogP contribution in [-0.4, -0.2) is 49.2 Å². The molecule has 0 saturated heterocycles. The van der Waals surface area contributed by atoms with E-state index in [1.54, 1.807) is 0 Å². The second-order valence-electron chi connectivity index (χ2n) is 11.7. The Kier molecular flexibility index (Phi) is 12.7. The lowest BCUT2D eigenvalue weighted by Gasteiger charge is -2.34. The maximum absolute atomic E-state index is 11.3. The van der Waals surface area contributed by atoms with Gasteiger partial charge in [-0.25, -0.2) is 8.42 Å². The van der Waals surface area contributed by atoms with E-state index in [0.717, 1.165) is 0 Å². The topological polar surface area (TPSA) is 77.4 Å². The van der Waals surface area contributed by atoms with Gasteiger partial charge in [-0.2, -0.15) is 0 Å². The van der Waals surface area contributed by atoms with Crippen molar-refractivity contribution < 1.29 is 22.6 Å². The molecule has 0 aliphatic rings.